The van der Waals surface area contributed by atoms with Crippen molar-refractivity contribution in [2.24, 2.45) is 5.92 Å². The maximum Gasteiger partial charge on any atom is 1.00 e. The van der Waals surface area contributed by atoms with Crippen LogP contribution in [0.15, 0.2) is 24.3 Å². The Hall–Kier alpha value is 0.471. The van der Waals surface area contributed by atoms with Gasteiger partial charge in [-0.3, -0.25) is 4.90 Å². The van der Waals surface area contributed by atoms with Gasteiger partial charge in [-0.05, 0) is 44.0 Å². The molecule has 1 aromatic carbocycles. The van der Waals surface area contributed by atoms with Crippen LogP contribution >= 0.6 is 0 Å². The molecule has 1 fully saturated rings. The fourth-order valence-electron chi connectivity index (χ4n) is 2.39. The number of nitrogens with zero attached hydrogens (tertiary/aromatic N) is 1. The number of hydrogen-bond acceptors (Lipinski definition) is 2. The van der Waals surface area contributed by atoms with E-state index in [9.17, 15) is 12.9 Å². The molecule has 7 heteroatoms. The summed E-state index contributed by atoms with van der Waals surface area (Å²) in [5, 5.41) is 0. The van der Waals surface area contributed by atoms with Crippen molar-refractivity contribution in [2.75, 3.05) is 26.2 Å². The second-order valence-corrected chi connectivity index (χ2v) is 5.52. The Bertz CT molecular complexity index is 436. The fraction of sp³-hybridized carbons (Fsp3) is 0.571. The van der Waals surface area contributed by atoms with Crippen LogP contribution in [0.2, 0.25) is 0 Å². The summed E-state index contributed by atoms with van der Waals surface area (Å²) in [6, 6.07) is 5.13. The molecule has 1 aliphatic rings. The number of likely N-dealkylation sites (tertiary alicyclic amines) is 1. The molecule has 0 N–H and O–H groups in total. The molecule has 1 saturated heterocycles. The summed E-state index contributed by atoms with van der Waals surface area (Å²) < 4.78 is 43.3. The minimum absolute atomic E-state index is 0. The molecule has 1 heterocycles. The summed E-state index contributed by atoms with van der Waals surface area (Å²) in [5.41, 5.74) is -0.603. The molecule has 0 aromatic heterocycles. The first-order chi connectivity index (χ1) is 9.45. The smallest absolute Gasteiger partial charge is 0.492 e. The molecule has 0 unspecified atom stereocenters. The van der Waals surface area contributed by atoms with Gasteiger partial charge in [0.15, 0.2) is 0 Å². The monoisotopic (exact) mass is 325 g/mol. The van der Waals surface area contributed by atoms with Gasteiger partial charge in [0.05, 0.1) is 0 Å². The van der Waals surface area contributed by atoms with Crippen LogP contribution < -0.4 is 61.6 Å². The van der Waals surface area contributed by atoms with Crippen LogP contribution in [0, 0.1) is 5.92 Å². The van der Waals surface area contributed by atoms with Crippen molar-refractivity contribution in [3.05, 3.63) is 24.3 Å². The van der Waals surface area contributed by atoms with Crippen molar-refractivity contribution in [3.63, 3.8) is 0 Å². The zero-order chi connectivity index (χ0) is 14.6. The third-order valence-corrected chi connectivity index (χ3v) is 3.79. The number of ether oxygens (including phenoxy) is 1. The summed E-state index contributed by atoms with van der Waals surface area (Å²) in [6.45, 7) is 0.602. The van der Waals surface area contributed by atoms with Crippen molar-refractivity contribution >= 4 is 12.4 Å². The van der Waals surface area contributed by atoms with Gasteiger partial charge in [-0.25, -0.2) is 0 Å². The van der Waals surface area contributed by atoms with Crippen molar-refractivity contribution < 1.29 is 69.1 Å². The van der Waals surface area contributed by atoms with Crippen LogP contribution in [-0.2, 0) is 0 Å². The van der Waals surface area contributed by atoms with Gasteiger partial charge in [0.25, 0.3) is 0 Å². The molecule has 2 rings (SSSR count). The van der Waals surface area contributed by atoms with E-state index >= 15 is 0 Å². The summed E-state index contributed by atoms with van der Waals surface area (Å²) in [4.78, 5) is 2.30. The van der Waals surface area contributed by atoms with E-state index in [4.69, 9.17) is 4.74 Å². The van der Waals surface area contributed by atoms with Gasteiger partial charge in [0.1, 0.15) is 12.4 Å². The average Bonchev–Trinajstić information content (AvgIpc) is 2.40. The second-order valence-electron chi connectivity index (χ2n) is 5.52. The largest absolute Gasteiger partial charge is 1.00 e. The first-order valence-electron chi connectivity index (χ1n) is 7.10. The standard InChI is InChI=1S/C14H20BF3NO.K/c1-12-5-7-19(8-6-12)9-10-20-14-4-2-3-13(11-14)15(16,17)18;/h2-4,11-12H,5-10H2,1H3;/q-1;+1. The molecule has 0 amide bonds. The zero-order valence-electron chi connectivity index (χ0n) is 12.7. The Morgan fingerprint density at radius 3 is 2.52 bits per heavy atom. The molecular weight excluding hydrogens is 305 g/mol. The van der Waals surface area contributed by atoms with Gasteiger partial charge in [-0.1, -0.05) is 19.1 Å². The number of halogens is 3. The van der Waals surface area contributed by atoms with Crippen LogP contribution in [-0.4, -0.2) is 38.1 Å². The minimum Gasteiger partial charge on any atom is -0.492 e. The van der Waals surface area contributed by atoms with E-state index in [0.717, 1.165) is 37.7 Å². The van der Waals surface area contributed by atoms with Crippen molar-refractivity contribution in [1.29, 1.82) is 0 Å². The number of benzene rings is 1. The Morgan fingerprint density at radius 2 is 1.90 bits per heavy atom. The molecule has 0 bridgehead atoms. The van der Waals surface area contributed by atoms with E-state index < -0.39 is 12.4 Å². The molecule has 0 atom stereocenters. The van der Waals surface area contributed by atoms with E-state index in [1.807, 2.05) is 0 Å². The number of piperidine rings is 1. The first kappa shape index (κ1) is 19.5. The predicted octanol–water partition coefficient (Wildman–Crippen LogP) is -0.144. The van der Waals surface area contributed by atoms with Gasteiger partial charge in [-0.2, -0.15) is 0 Å². The fourth-order valence-corrected chi connectivity index (χ4v) is 2.39. The predicted molar refractivity (Wildman–Crippen MR) is 75.5 cm³/mol. The van der Waals surface area contributed by atoms with Gasteiger partial charge in [0, 0.05) is 6.54 Å². The molecule has 0 saturated carbocycles. The maximum absolute atomic E-state index is 12.6. The van der Waals surface area contributed by atoms with Crippen molar-refractivity contribution in [3.8, 4) is 5.75 Å². The molecule has 0 radical (unpaired) electrons. The van der Waals surface area contributed by atoms with E-state index in [-0.39, 0.29) is 51.4 Å². The molecule has 112 valence electrons. The maximum atomic E-state index is 12.6. The summed E-state index contributed by atoms with van der Waals surface area (Å²) in [5.74, 6) is 1.07. The Labute approximate surface area is 166 Å². The molecular formula is C14H20BF3KNO. The zero-order valence-corrected chi connectivity index (χ0v) is 15.8. The van der Waals surface area contributed by atoms with Crippen LogP contribution in [0.25, 0.3) is 0 Å². The number of hydrogen-bond donors (Lipinski definition) is 0. The van der Waals surface area contributed by atoms with Gasteiger partial charge in [0.2, 0.25) is 0 Å². The molecule has 1 aliphatic heterocycles. The average molecular weight is 325 g/mol. The Balaban J connectivity index is 0.00000220. The van der Waals surface area contributed by atoms with E-state index in [1.165, 1.54) is 18.9 Å². The van der Waals surface area contributed by atoms with Gasteiger partial charge in [-0.15, -0.1) is 5.46 Å². The Kier molecular flexibility index (Phi) is 8.31. The summed E-state index contributed by atoms with van der Waals surface area (Å²) in [6.07, 6.45) is 2.37. The third kappa shape index (κ3) is 6.62. The van der Waals surface area contributed by atoms with Crippen LogP contribution in [0.3, 0.4) is 0 Å². The number of rotatable bonds is 5. The van der Waals surface area contributed by atoms with E-state index in [0.29, 0.717) is 12.4 Å². The molecule has 0 aliphatic carbocycles. The third-order valence-electron chi connectivity index (χ3n) is 3.79. The quantitative estimate of drug-likeness (QED) is 0.699. The SMILES string of the molecule is CC1CCN(CCOc2cccc([B-](F)(F)F)c2)CC1.[K+]. The van der Waals surface area contributed by atoms with Gasteiger partial charge < -0.3 is 17.7 Å². The molecule has 0 spiro atoms. The minimum atomic E-state index is -4.95. The first-order valence-corrected chi connectivity index (χ1v) is 7.10. The topological polar surface area (TPSA) is 12.5 Å². The summed E-state index contributed by atoms with van der Waals surface area (Å²) >= 11 is 0. The Morgan fingerprint density at radius 1 is 1.24 bits per heavy atom. The van der Waals surface area contributed by atoms with E-state index in [1.54, 1.807) is 6.07 Å². The van der Waals surface area contributed by atoms with Crippen molar-refractivity contribution in [2.45, 2.75) is 19.8 Å². The second kappa shape index (κ2) is 8.94. The van der Waals surface area contributed by atoms with Crippen molar-refractivity contribution in [1.82, 2.24) is 4.90 Å². The van der Waals surface area contributed by atoms with Crippen LogP contribution in [0.5, 0.6) is 5.75 Å². The summed E-state index contributed by atoms with van der Waals surface area (Å²) in [7, 11) is 0. The normalized spacial score (nSPS) is 17.3. The molecule has 2 nitrogen and oxygen atoms in total. The van der Waals surface area contributed by atoms with Crippen LogP contribution in [0.1, 0.15) is 19.8 Å². The molecule has 1 aromatic rings. The van der Waals surface area contributed by atoms with Gasteiger partial charge >= 0.3 is 58.4 Å². The van der Waals surface area contributed by atoms with Crippen LogP contribution in [0.4, 0.5) is 12.9 Å². The van der Waals surface area contributed by atoms with E-state index in [2.05, 4.69) is 11.8 Å². The molecule has 21 heavy (non-hydrogen) atoms.